The number of hydrogen-bond donors (Lipinski definition) is 2. The Balaban J connectivity index is 1.12. The summed E-state index contributed by atoms with van der Waals surface area (Å²) in [7, 11) is 0. The molecule has 4 aromatic rings. The van der Waals surface area contributed by atoms with Gasteiger partial charge in [0, 0.05) is 36.7 Å². The number of H-pyrrole nitrogens is 1. The first-order chi connectivity index (χ1) is 15.3. The fourth-order valence-electron chi connectivity index (χ4n) is 4.38. The fraction of sp³-hybridized carbons (Fsp3) is 0.292. The average Bonchev–Trinajstić information content (AvgIpc) is 3.48. The number of amides is 2. The first kappa shape index (κ1) is 19.4. The van der Waals surface area contributed by atoms with Gasteiger partial charge in [-0.1, -0.05) is 42.5 Å². The first-order valence-corrected chi connectivity index (χ1v) is 10.8. The third kappa shape index (κ3) is 4.30. The van der Waals surface area contributed by atoms with Crippen molar-refractivity contribution < 1.29 is 4.79 Å². The van der Waals surface area contributed by atoms with E-state index in [0.717, 1.165) is 37.1 Å². The highest BCUT2D eigenvalue weighted by Crippen LogP contribution is 2.33. The molecule has 0 aliphatic carbocycles. The van der Waals surface area contributed by atoms with E-state index in [1.54, 1.807) is 11.0 Å². The highest BCUT2D eigenvalue weighted by molar-refractivity contribution is 5.83. The Hall–Kier alpha value is -3.61. The number of benzene rings is 2. The van der Waals surface area contributed by atoms with Crippen molar-refractivity contribution in [1.29, 1.82) is 0 Å². The maximum Gasteiger partial charge on any atom is 0.317 e. The van der Waals surface area contributed by atoms with Crippen LogP contribution in [0, 0.1) is 0 Å². The van der Waals surface area contributed by atoms with Gasteiger partial charge in [-0.3, -0.25) is 0 Å². The number of nitrogens with one attached hydrogen (secondary N) is 2. The van der Waals surface area contributed by atoms with Gasteiger partial charge in [-0.15, -0.1) is 0 Å². The number of carbonyl (C=O) groups is 1. The molecule has 1 aliphatic rings. The molecule has 5 rings (SSSR count). The summed E-state index contributed by atoms with van der Waals surface area (Å²) >= 11 is 0. The van der Waals surface area contributed by atoms with E-state index in [-0.39, 0.29) is 6.03 Å². The topological polar surface area (TPSA) is 78.8 Å². The quantitative estimate of drug-likeness (QED) is 0.520. The molecule has 1 aliphatic heterocycles. The largest absolute Gasteiger partial charge is 0.361 e. The van der Waals surface area contributed by atoms with Crippen LogP contribution in [-0.2, 0) is 13.1 Å². The number of piperidine rings is 1. The SMILES string of the molecule is O=C(NCc1ccc(Cn2cncn2)cc1)N1CCC(c2c[nH]c3ccccc23)CC1. The van der Waals surface area contributed by atoms with E-state index in [1.807, 2.05) is 4.90 Å². The van der Waals surface area contributed by atoms with Crippen molar-refractivity contribution in [3.8, 4) is 0 Å². The van der Waals surface area contributed by atoms with E-state index in [2.05, 4.69) is 75.1 Å². The Kier molecular flexibility index (Phi) is 5.39. The monoisotopic (exact) mass is 414 g/mol. The fourth-order valence-corrected chi connectivity index (χ4v) is 4.38. The molecular formula is C24H26N6O. The van der Waals surface area contributed by atoms with Crippen LogP contribution in [0.25, 0.3) is 10.9 Å². The molecule has 1 fully saturated rings. The zero-order valence-corrected chi connectivity index (χ0v) is 17.4. The molecule has 2 aromatic carbocycles. The van der Waals surface area contributed by atoms with Gasteiger partial charge in [0.05, 0.1) is 6.54 Å². The maximum atomic E-state index is 12.6. The molecule has 0 radical (unpaired) electrons. The smallest absolute Gasteiger partial charge is 0.317 e. The number of urea groups is 1. The van der Waals surface area contributed by atoms with Gasteiger partial charge < -0.3 is 15.2 Å². The number of nitrogens with zero attached hydrogens (tertiary/aromatic N) is 4. The summed E-state index contributed by atoms with van der Waals surface area (Å²) in [4.78, 5) is 21.9. The first-order valence-electron chi connectivity index (χ1n) is 10.8. The third-order valence-corrected chi connectivity index (χ3v) is 6.12. The van der Waals surface area contributed by atoms with Crippen LogP contribution in [0.1, 0.15) is 35.4 Å². The summed E-state index contributed by atoms with van der Waals surface area (Å²) < 4.78 is 1.79. The normalized spacial score (nSPS) is 14.8. The number of aromatic nitrogens is 4. The molecule has 158 valence electrons. The minimum Gasteiger partial charge on any atom is -0.361 e. The third-order valence-electron chi connectivity index (χ3n) is 6.12. The summed E-state index contributed by atoms with van der Waals surface area (Å²) in [6.07, 6.45) is 7.36. The van der Waals surface area contributed by atoms with E-state index < -0.39 is 0 Å². The summed E-state index contributed by atoms with van der Waals surface area (Å²) in [6, 6.07) is 16.7. The molecule has 1 saturated heterocycles. The highest BCUT2D eigenvalue weighted by atomic mass is 16.2. The molecule has 0 bridgehead atoms. The van der Waals surface area contributed by atoms with E-state index in [4.69, 9.17) is 0 Å². The minimum absolute atomic E-state index is 0.0177. The Morgan fingerprint density at radius 3 is 2.61 bits per heavy atom. The number of rotatable bonds is 5. The van der Waals surface area contributed by atoms with E-state index >= 15 is 0 Å². The Bertz CT molecular complexity index is 1140. The lowest BCUT2D eigenvalue weighted by Crippen LogP contribution is -2.43. The predicted molar refractivity (Wildman–Crippen MR) is 120 cm³/mol. The van der Waals surface area contributed by atoms with Gasteiger partial charge in [0.1, 0.15) is 12.7 Å². The maximum absolute atomic E-state index is 12.6. The van der Waals surface area contributed by atoms with Crippen LogP contribution in [0.4, 0.5) is 4.79 Å². The Morgan fingerprint density at radius 2 is 1.84 bits per heavy atom. The number of likely N-dealkylation sites (tertiary alicyclic amines) is 1. The number of carbonyl (C=O) groups excluding carboxylic acids is 1. The van der Waals surface area contributed by atoms with Gasteiger partial charge in [0.25, 0.3) is 0 Å². The van der Waals surface area contributed by atoms with Crippen LogP contribution in [0.2, 0.25) is 0 Å². The lowest BCUT2D eigenvalue weighted by atomic mass is 9.89. The molecule has 0 atom stereocenters. The molecule has 2 aromatic heterocycles. The van der Waals surface area contributed by atoms with Crippen molar-refractivity contribution in [2.45, 2.75) is 31.8 Å². The van der Waals surface area contributed by atoms with Crippen LogP contribution in [0.5, 0.6) is 0 Å². The molecule has 0 unspecified atom stereocenters. The highest BCUT2D eigenvalue weighted by Gasteiger charge is 2.25. The minimum atomic E-state index is 0.0177. The molecule has 2 amide bonds. The van der Waals surface area contributed by atoms with Gasteiger partial charge in [-0.2, -0.15) is 5.10 Å². The van der Waals surface area contributed by atoms with Gasteiger partial charge >= 0.3 is 6.03 Å². The Morgan fingerprint density at radius 1 is 1.06 bits per heavy atom. The van der Waals surface area contributed by atoms with Crippen molar-refractivity contribution in [3.05, 3.63) is 84.1 Å². The lowest BCUT2D eigenvalue weighted by Gasteiger charge is -2.32. The van der Waals surface area contributed by atoms with E-state index in [0.29, 0.717) is 19.0 Å². The molecule has 7 heteroatoms. The van der Waals surface area contributed by atoms with E-state index in [1.165, 1.54) is 22.8 Å². The van der Waals surface area contributed by atoms with Gasteiger partial charge in [-0.25, -0.2) is 14.5 Å². The second kappa shape index (κ2) is 8.63. The van der Waals surface area contributed by atoms with Crippen molar-refractivity contribution in [2.75, 3.05) is 13.1 Å². The summed E-state index contributed by atoms with van der Waals surface area (Å²) in [6.45, 7) is 2.79. The molecule has 31 heavy (non-hydrogen) atoms. The van der Waals surface area contributed by atoms with Crippen molar-refractivity contribution in [2.24, 2.45) is 0 Å². The van der Waals surface area contributed by atoms with Crippen LogP contribution >= 0.6 is 0 Å². The number of para-hydroxylation sites is 1. The second-order valence-electron chi connectivity index (χ2n) is 8.12. The second-order valence-corrected chi connectivity index (χ2v) is 8.12. The summed E-state index contributed by atoms with van der Waals surface area (Å²) in [5, 5.41) is 8.49. The van der Waals surface area contributed by atoms with Crippen molar-refractivity contribution >= 4 is 16.9 Å². The lowest BCUT2D eigenvalue weighted by molar-refractivity contribution is 0.181. The van der Waals surface area contributed by atoms with Crippen molar-refractivity contribution in [1.82, 2.24) is 30.0 Å². The van der Waals surface area contributed by atoms with Crippen LogP contribution < -0.4 is 5.32 Å². The Labute approximate surface area is 181 Å². The summed E-state index contributed by atoms with van der Waals surface area (Å²) in [5.74, 6) is 0.498. The van der Waals surface area contributed by atoms with E-state index in [9.17, 15) is 4.79 Å². The molecular weight excluding hydrogens is 388 g/mol. The predicted octanol–water partition coefficient (Wildman–Crippen LogP) is 3.90. The number of aromatic amines is 1. The standard InChI is InChI=1S/C24H26N6O/c31-24(27-13-18-5-7-19(8-6-18)15-30-17-25-16-28-30)29-11-9-20(10-12-29)22-14-26-23-4-2-1-3-21(22)23/h1-8,14,16-17,20,26H,9-13,15H2,(H,27,31). The van der Waals surface area contributed by atoms with Crippen LogP contribution in [0.3, 0.4) is 0 Å². The zero-order chi connectivity index (χ0) is 21.0. The van der Waals surface area contributed by atoms with Gasteiger partial charge in [0.2, 0.25) is 0 Å². The van der Waals surface area contributed by atoms with Crippen LogP contribution in [-0.4, -0.2) is 43.8 Å². The average molecular weight is 415 g/mol. The molecule has 3 heterocycles. The van der Waals surface area contributed by atoms with Crippen LogP contribution in [0.15, 0.2) is 67.4 Å². The van der Waals surface area contributed by atoms with Gasteiger partial charge in [0.15, 0.2) is 0 Å². The zero-order valence-electron chi connectivity index (χ0n) is 17.4. The summed E-state index contributed by atoms with van der Waals surface area (Å²) in [5.41, 5.74) is 4.80. The molecule has 0 saturated carbocycles. The molecule has 0 spiro atoms. The number of hydrogen-bond acceptors (Lipinski definition) is 3. The number of fused-ring (bicyclic) bond motifs is 1. The molecule has 7 nitrogen and oxygen atoms in total. The molecule has 2 N–H and O–H groups in total. The van der Waals surface area contributed by atoms with Crippen molar-refractivity contribution in [3.63, 3.8) is 0 Å². The van der Waals surface area contributed by atoms with Gasteiger partial charge in [-0.05, 0) is 41.5 Å².